The fraction of sp³-hybridized carbons (Fsp3) is 0.615. The van der Waals surface area contributed by atoms with E-state index in [0.717, 1.165) is 11.6 Å². The number of carbonyl (C=O) groups is 1. The quantitative estimate of drug-likeness (QED) is 0.870. The van der Waals surface area contributed by atoms with Gasteiger partial charge in [0.05, 0.1) is 24.1 Å². The number of nitrogens with one attached hydrogen (secondary N) is 1. The molecule has 0 aromatic carbocycles. The first-order chi connectivity index (χ1) is 8.84. The van der Waals surface area contributed by atoms with Crippen LogP contribution >= 0.6 is 24.2 Å². The lowest BCUT2D eigenvalue weighted by Crippen LogP contribution is -2.36. The molecule has 0 spiro atoms. The number of carbonyl (C=O) groups excluding carboxylic acids is 1. The molecule has 1 aromatic rings. The highest BCUT2D eigenvalue weighted by Crippen LogP contribution is 2.18. The fourth-order valence-electron chi connectivity index (χ4n) is 1.39. The molecular formula is C13H23ClN4OS. The Labute approximate surface area is 130 Å². The number of rotatable bonds is 5. The second kappa shape index (κ2) is 8.44. The summed E-state index contributed by atoms with van der Waals surface area (Å²) in [5.74, 6) is 1.42. The van der Waals surface area contributed by atoms with Crippen molar-refractivity contribution in [1.29, 1.82) is 0 Å². The smallest absolute Gasteiger partial charge is 0.241 e. The summed E-state index contributed by atoms with van der Waals surface area (Å²) in [5, 5.41) is 2.73. The molecule has 0 aliphatic heterocycles. The Bertz CT molecular complexity index is 419. The topological polar surface area (TPSA) is 80.9 Å². The monoisotopic (exact) mass is 318 g/mol. The average Bonchev–Trinajstić information content (AvgIpc) is 2.35. The van der Waals surface area contributed by atoms with Gasteiger partial charge in [-0.3, -0.25) is 4.79 Å². The van der Waals surface area contributed by atoms with E-state index in [9.17, 15) is 4.79 Å². The van der Waals surface area contributed by atoms with E-state index >= 15 is 0 Å². The maximum atomic E-state index is 11.8. The standard InChI is InChI=1S/C13H22N4OS.ClH/c1-13(2,3)12-15-7-9(8-16-12)17-11(18)10(14)5-6-19-4;/h7-8,10H,5-6,14H2,1-4H3,(H,17,18);1H. The van der Waals surface area contributed by atoms with Gasteiger partial charge < -0.3 is 11.1 Å². The van der Waals surface area contributed by atoms with Crippen LogP contribution in [0.3, 0.4) is 0 Å². The van der Waals surface area contributed by atoms with Crippen molar-refractivity contribution in [2.75, 3.05) is 17.3 Å². The predicted molar refractivity (Wildman–Crippen MR) is 87.6 cm³/mol. The summed E-state index contributed by atoms with van der Waals surface area (Å²) in [6.45, 7) is 6.12. The molecule has 3 N–H and O–H groups in total. The molecule has 20 heavy (non-hydrogen) atoms. The lowest BCUT2D eigenvalue weighted by molar-refractivity contribution is -0.117. The lowest BCUT2D eigenvalue weighted by Gasteiger charge is -2.16. The normalized spacial score (nSPS) is 12.4. The molecule has 1 aromatic heterocycles. The van der Waals surface area contributed by atoms with Gasteiger partial charge in [-0.2, -0.15) is 11.8 Å². The highest BCUT2D eigenvalue weighted by Gasteiger charge is 2.17. The molecule has 0 radical (unpaired) electrons. The van der Waals surface area contributed by atoms with Crippen LogP contribution in [0.2, 0.25) is 0 Å². The van der Waals surface area contributed by atoms with E-state index in [0.29, 0.717) is 12.1 Å². The molecule has 0 aliphatic rings. The van der Waals surface area contributed by atoms with Gasteiger partial charge in [-0.25, -0.2) is 9.97 Å². The Morgan fingerprint density at radius 3 is 2.40 bits per heavy atom. The van der Waals surface area contributed by atoms with Crippen molar-refractivity contribution in [3.05, 3.63) is 18.2 Å². The summed E-state index contributed by atoms with van der Waals surface area (Å²) < 4.78 is 0. The molecule has 0 saturated heterocycles. The van der Waals surface area contributed by atoms with Crippen LogP contribution in [0.15, 0.2) is 12.4 Å². The van der Waals surface area contributed by atoms with E-state index in [1.165, 1.54) is 0 Å². The number of aromatic nitrogens is 2. The van der Waals surface area contributed by atoms with Crippen molar-refractivity contribution in [2.45, 2.75) is 38.6 Å². The Kier molecular flexibility index (Phi) is 8.08. The molecule has 1 heterocycles. The van der Waals surface area contributed by atoms with Crippen molar-refractivity contribution >= 4 is 35.8 Å². The second-order valence-electron chi connectivity index (χ2n) is 5.42. The minimum absolute atomic E-state index is 0. The Morgan fingerprint density at radius 1 is 1.40 bits per heavy atom. The lowest BCUT2D eigenvalue weighted by atomic mass is 9.96. The molecule has 0 bridgehead atoms. The third-order valence-electron chi connectivity index (χ3n) is 2.56. The number of hydrogen-bond donors (Lipinski definition) is 2. The Hall–Kier alpha value is -0.850. The van der Waals surface area contributed by atoms with Gasteiger partial charge >= 0.3 is 0 Å². The van der Waals surface area contributed by atoms with Crippen molar-refractivity contribution in [3.63, 3.8) is 0 Å². The van der Waals surface area contributed by atoms with Gasteiger partial charge in [0.1, 0.15) is 5.82 Å². The summed E-state index contributed by atoms with van der Waals surface area (Å²) in [5.41, 5.74) is 6.27. The van der Waals surface area contributed by atoms with E-state index in [2.05, 4.69) is 15.3 Å². The van der Waals surface area contributed by atoms with Crippen LogP contribution in [0.4, 0.5) is 5.69 Å². The van der Waals surface area contributed by atoms with Gasteiger partial charge in [0.2, 0.25) is 5.91 Å². The minimum Gasteiger partial charge on any atom is -0.322 e. The summed E-state index contributed by atoms with van der Waals surface area (Å²) in [7, 11) is 0. The first kappa shape index (κ1) is 19.1. The summed E-state index contributed by atoms with van der Waals surface area (Å²) in [6, 6.07) is -0.491. The summed E-state index contributed by atoms with van der Waals surface area (Å²) in [6.07, 6.45) is 5.89. The number of hydrogen-bond acceptors (Lipinski definition) is 5. The first-order valence-electron chi connectivity index (χ1n) is 6.22. The van der Waals surface area contributed by atoms with Crippen LogP contribution in [-0.2, 0) is 10.2 Å². The van der Waals surface area contributed by atoms with Gasteiger partial charge in [0.25, 0.3) is 0 Å². The van der Waals surface area contributed by atoms with E-state index in [1.54, 1.807) is 24.2 Å². The van der Waals surface area contributed by atoms with Crippen molar-refractivity contribution in [2.24, 2.45) is 5.73 Å². The molecule has 1 rings (SSSR count). The van der Waals surface area contributed by atoms with Crippen LogP contribution in [0.25, 0.3) is 0 Å². The zero-order valence-electron chi connectivity index (χ0n) is 12.3. The van der Waals surface area contributed by atoms with E-state index in [4.69, 9.17) is 5.73 Å². The van der Waals surface area contributed by atoms with Gasteiger partial charge in [0.15, 0.2) is 0 Å². The van der Waals surface area contributed by atoms with Crippen molar-refractivity contribution in [1.82, 2.24) is 9.97 Å². The number of amides is 1. The molecule has 114 valence electrons. The molecule has 1 amide bonds. The molecular weight excluding hydrogens is 296 g/mol. The van der Waals surface area contributed by atoms with Crippen LogP contribution < -0.4 is 11.1 Å². The molecule has 0 saturated carbocycles. The third-order valence-corrected chi connectivity index (χ3v) is 3.20. The van der Waals surface area contributed by atoms with E-state index in [1.807, 2.05) is 27.0 Å². The molecule has 1 atom stereocenters. The number of thioether (sulfide) groups is 1. The van der Waals surface area contributed by atoms with Crippen LogP contribution in [0, 0.1) is 0 Å². The van der Waals surface area contributed by atoms with Gasteiger partial charge in [-0.15, -0.1) is 12.4 Å². The van der Waals surface area contributed by atoms with Gasteiger partial charge in [-0.05, 0) is 18.4 Å². The zero-order chi connectivity index (χ0) is 14.5. The summed E-state index contributed by atoms with van der Waals surface area (Å²) in [4.78, 5) is 20.3. The highest BCUT2D eigenvalue weighted by atomic mass is 35.5. The minimum atomic E-state index is -0.491. The average molecular weight is 319 g/mol. The van der Waals surface area contributed by atoms with Gasteiger partial charge in [-0.1, -0.05) is 20.8 Å². The molecule has 1 unspecified atom stereocenters. The first-order valence-corrected chi connectivity index (χ1v) is 7.62. The molecule has 5 nitrogen and oxygen atoms in total. The van der Waals surface area contributed by atoms with Crippen molar-refractivity contribution < 1.29 is 4.79 Å². The SMILES string of the molecule is CSCCC(N)C(=O)Nc1cnc(C(C)(C)C)nc1.Cl. The highest BCUT2D eigenvalue weighted by molar-refractivity contribution is 7.98. The number of anilines is 1. The molecule has 0 aliphatic carbocycles. The van der Waals surface area contributed by atoms with Crippen LogP contribution in [0.5, 0.6) is 0 Å². The van der Waals surface area contributed by atoms with E-state index in [-0.39, 0.29) is 23.7 Å². The number of halogens is 1. The Morgan fingerprint density at radius 2 is 1.95 bits per heavy atom. The maximum absolute atomic E-state index is 11.8. The maximum Gasteiger partial charge on any atom is 0.241 e. The predicted octanol–water partition coefficient (Wildman–Crippen LogP) is 2.21. The summed E-state index contributed by atoms with van der Waals surface area (Å²) >= 11 is 1.67. The molecule has 7 heteroatoms. The van der Waals surface area contributed by atoms with Crippen LogP contribution in [0.1, 0.15) is 33.0 Å². The third kappa shape index (κ3) is 6.07. The van der Waals surface area contributed by atoms with Gasteiger partial charge in [0, 0.05) is 5.41 Å². The van der Waals surface area contributed by atoms with E-state index < -0.39 is 6.04 Å². The Balaban J connectivity index is 0.00000361. The zero-order valence-corrected chi connectivity index (χ0v) is 14.0. The fourth-order valence-corrected chi connectivity index (χ4v) is 1.88. The van der Waals surface area contributed by atoms with Crippen molar-refractivity contribution in [3.8, 4) is 0 Å². The number of nitrogens with zero attached hydrogens (tertiary/aromatic N) is 2. The largest absolute Gasteiger partial charge is 0.322 e. The second-order valence-corrected chi connectivity index (χ2v) is 6.41. The number of nitrogens with two attached hydrogens (primary N) is 1. The molecule has 0 fully saturated rings. The van der Waals surface area contributed by atoms with Crippen LogP contribution in [-0.4, -0.2) is 33.9 Å².